The summed E-state index contributed by atoms with van der Waals surface area (Å²) in [6.45, 7) is 8.11. The van der Waals surface area contributed by atoms with Gasteiger partial charge in [-0.2, -0.15) is 0 Å². The second kappa shape index (κ2) is 14.1. The van der Waals surface area contributed by atoms with Gasteiger partial charge in [0, 0.05) is 18.8 Å². The number of ether oxygens (including phenoxy) is 2. The minimum atomic E-state index is -1.12. The van der Waals surface area contributed by atoms with Crippen LogP contribution in [-0.4, -0.2) is 53.0 Å². The smallest absolute Gasteiger partial charge is 0.309 e. The number of Topliss-reactive ketones (excluding diaryl/α,β-unsaturated/α-hetero) is 1. The summed E-state index contributed by atoms with van der Waals surface area (Å²) in [7, 11) is 0. The molecule has 0 aromatic heterocycles. The van der Waals surface area contributed by atoms with Gasteiger partial charge >= 0.3 is 5.97 Å². The summed E-state index contributed by atoms with van der Waals surface area (Å²) in [5.41, 5.74) is 0. The standard InChI is InChI=1S/C23H42O6/c1-5-9-16(10-6-2)19(24)13-18-14-20(25)22(26)21(29-18)15-28-23(27)17(11-7-3)12-8-4/h16-18,20-22,25-26H,5-15H2,1-4H3. The third kappa shape index (κ3) is 8.73. The lowest BCUT2D eigenvalue weighted by atomic mass is 9.88. The Kier molecular flexibility index (Phi) is 12.7. The fourth-order valence-corrected chi connectivity index (χ4v) is 4.22. The second-order valence-electron chi connectivity index (χ2n) is 8.44. The van der Waals surface area contributed by atoms with E-state index in [0.717, 1.165) is 51.4 Å². The highest BCUT2D eigenvalue weighted by Gasteiger charge is 2.39. The van der Waals surface area contributed by atoms with Crippen molar-refractivity contribution in [3.63, 3.8) is 0 Å². The number of ketones is 1. The number of aliphatic hydroxyl groups is 2. The van der Waals surface area contributed by atoms with Gasteiger partial charge in [-0.3, -0.25) is 9.59 Å². The molecule has 1 aliphatic heterocycles. The molecule has 1 saturated heterocycles. The van der Waals surface area contributed by atoms with E-state index in [0.29, 0.717) is 0 Å². The summed E-state index contributed by atoms with van der Waals surface area (Å²) in [5.74, 6) is -0.235. The number of carbonyl (C=O) groups is 2. The van der Waals surface area contributed by atoms with Crippen molar-refractivity contribution in [2.24, 2.45) is 11.8 Å². The Labute approximate surface area is 176 Å². The molecular formula is C23H42O6. The van der Waals surface area contributed by atoms with Crippen molar-refractivity contribution >= 4 is 11.8 Å². The van der Waals surface area contributed by atoms with Gasteiger partial charge in [-0.25, -0.2) is 0 Å². The van der Waals surface area contributed by atoms with Crippen LogP contribution in [0.4, 0.5) is 0 Å². The Hall–Kier alpha value is -0.980. The Balaban J connectivity index is 2.64. The summed E-state index contributed by atoms with van der Waals surface area (Å²) in [6, 6.07) is 0. The Morgan fingerprint density at radius 2 is 1.45 bits per heavy atom. The van der Waals surface area contributed by atoms with Crippen molar-refractivity contribution in [3.05, 3.63) is 0 Å². The van der Waals surface area contributed by atoms with E-state index in [9.17, 15) is 19.8 Å². The summed E-state index contributed by atoms with van der Waals surface area (Å²) >= 11 is 0. The van der Waals surface area contributed by atoms with Crippen molar-refractivity contribution in [2.45, 2.75) is 116 Å². The van der Waals surface area contributed by atoms with Crippen molar-refractivity contribution in [1.29, 1.82) is 0 Å². The van der Waals surface area contributed by atoms with Crippen LogP contribution in [0.25, 0.3) is 0 Å². The molecule has 0 aromatic carbocycles. The summed E-state index contributed by atoms with van der Waals surface area (Å²) in [5, 5.41) is 20.5. The molecule has 0 spiro atoms. The van der Waals surface area contributed by atoms with Crippen LogP contribution >= 0.6 is 0 Å². The van der Waals surface area contributed by atoms with Crippen LogP contribution < -0.4 is 0 Å². The summed E-state index contributed by atoms with van der Waals surface area (Å²) in [4.78, 5) is 25.0. The molecule has 29 heavy (non-hydrogen) atoms. The van der Waals surface area contributed by atoms with Gasteiger partial charge in [0.25, 0.3) is 0 Å². The molecule has 1 fully saturated rings. The van der Waals surface area contributed by atoms with Crippen LogP contribution in [0, 0.1) is 11.8 Å². The van der Waals surface area contributed by atoms with E-state index in [2.05, 4.69) is 13.8 Å². The molecule has 0 aromatic rings. The zero-order chi connectivity index (χ0) is 21.8. The first-order chi connectivity index (χ1) is 13.9. The van der Waals surface area contributed by atoms with Crippen LogP contribution in [0.1, 0.15) is 91.9 Å². The van der Waals surface area contributed by atoms with Gasteiger partial charge in [-0.1, -0.05) is 53.4 Å². The molecule has 0 aliphatic carbocycles. The molecule has 4 atom stereocenters. The lowest BCUT2D eigenvalue weighted by Gasteiger charge is -2.37. The molecule has 0 amide bonds. The molecule has 1 rings (SSSR count). The predicted molar refractivity (Wildman–Crippen MR) is 112 cm³/mol. The number of esters is 1. The molecule has 6 heteroatoms. The van der Waals surface area contributed by atoms with Crippen molar-refractivity contribution in [1.82, 2.24) is 0 Å². The molecule has 4 unspecified atom stereocenters. The molecule has 1 heterocycles. The van der Waals surface area contributed by atoms with Crippen molar-refractivity contribution in [3.8, 4) is 0 Å². The molecule has 170 valence electrons. The number of hydrogen-bond donors (Lipinski definition) is 2. The van der Waals surface area contributed by atoms with E-state index in [1.54, 1.807) is 0 Å². The zero-order valence-electron chi connectivity index (χ0n) is 18.8. The van der Waals surface area contributed by atoms with Gasteiger partial charge in [0.2, 0.25) is 0 Å². The average Bonchev–Trinajstić information content (AvgIpc) is 2.68. The molecular weight excluding hydrogens is 372 g/mol. The molecule has 1 aliphatic rings. The second-order valence-corrected chi connectivity index (χ2v) is 8.44. The van der Waals surface area contributed by atoms with Gasteiger partial charge in [-0.05, 0) is 25.7 Å². The minimum absolute atomic E-state index is 0.0257. The third-order valence-corrected chi connectivity index (χ3v) is 5.80. The van der Waals surface area contributed by atoms with Crippen LogP contribution in [-0.2, 0) is 19.1 Å². The molecule has 2 N–H and O–H groups in total. The van der Waals surface area contributed by atoms with Crippen LogP contribution in [0.2, 0.25) is 0 Å². The lowest BCUT2D eigenvalue weighted by Crippen LogP contribution is -2.51. The van der Waals surface area contributed by atoms with Gasteiger partial charge in [-0.15, -0.1) is 0 Å². The van der Waals surface area contributed by atoms with E-state index in [1.807, 2.05) is 13.8 Å². The van der Waals surface area contributed by atoms with E-state index < -0.39 is 24.4 Å². The van der Waals surface area contributed by atoms with Crippen molar-refractivity contribution < 1.29 is 29.3 Å². The third-order valence-electron chi connectivity index (χ3n) is 5.80. The Morgan fingerprint density at radius 3 is 1.97 bits per heavy atom. The number of aliphatic hydroxyl groups excluding tert-OH is 2. The summed E-state index contributed by atoms with van der Waals surface area (Å²) in [6.07, 6.45) is 4.08. The van der Waals surface area contributed by atoms with E-state index >= 15 is 0 Å². The van der Waals surface area contributed by atoms with Crippen molar-refractivity contribution in [2.75, 3.05) is 6.61 Å². The quantitative estimate of drug-likeness (QED) is 0.420. The maximum Gasteiger partial charge on any atom is 0.309 e. The average molecular weight is 415 g/mol. The monoisotopic (exact) mass is 414 g/mol. The molecule has 0 radical (unpaired) electrons. The topological polar surface area (TPSA) is 93.1 Å². The van der Waals surface area contributed by atoms with Gasteiger partial charge in [0.15, 0.2) is 0 Å². The van der Waals surface area contributed by atoms with Gasteiger partial charge in [0.1, 0.15) is 24.6 Å². The molecule has 0 saturated carbocycles. The lowest BCUT2D eigenvalue weighted by molar-refractivity contribution is -0.193. The maximum atomic E-state index is 12.7. The highest BCUT2D eigenvalue weighted by atomic mass is 16.6. The summed E-state index contributed by atoms with van der Waals surface area (Å²) < 4.78 is 11.3. The number of carbonyl (C=O) groups excluding carboxylic acids is 2. The van der Waals surface area contributed by atoms with E-state index in [4.69, 9.17) is 9.47 Å². The van der Waals surface area contributed by atoms with Crippen LogP contribution in [0.15, 0.2) is 0 Å². The normalized spacial score (nSPS) is 24.8. The van der Waals surface area contributed by atoms with Gasteiger partial charge < -0.3 is 19.7 Å². The zero-order valence-corrected chi connectivity index (χ0v) is 18.8. The first kappa shape index (κ1) is 26.1. The number of hydrogen-bond acceptors (Lipinski definition) is 6. The first-order valence-electron chi connectivity index (χ1n) is 11.6. The van der Waals surface area contributed by atoms with Crippen LogP contribution in [0.5, 0.6) is 0 Å². The molecule has 6 nitrogen and oxygen atoms in total. The Morgan fingerprint density at radius 1 is 0.931 bits per heavy atom. The van der Waals surface area contributed by atoms with Gasteiger partial charge in [0.05, 0.1) is 18.1 Å². The van der Waals surface area contributed by atoms with E-state index in [1.165, 1.54) is 0 Å². The number of rotatable bonds is 14. The fraction of sp³-hybridized carbons (Fsp3) is 0.913. The fourth-order valence-electron chi connectivity index (χ4n) is 4.22. The SMILES string of the molecule is CCCC(CCC)C(=O)CC1CC(O)C(O)C(COC(=O)C(CCC)CCC)O1. The largest absolute Gasteiger partial charge is 0.463 e. The van der Waals surface area contributed by atoms with E-state index in [-0.39, 0.29) is 43.0 Å². The van der Waals surface area contributed by atoms with Crippen LogP contribution in [0.3, 0.4) is 0 Å². The highest BCUT2D eigenvalue weighted by Crippen LogP contribution is 2.26. The maximum absolute atomic E-state index is 12.7. The molecule has 0 bridgehead atoms. The Bertz CT molecular complexity index is 468. The predicted octanol–water partition coefficient (Wildman–Crippen LogP) is 3.80. The highest BCUT2D eigenvalue weighted by molar-refractivity contribution is 5.81. The first-order valence-corrected chi connectivity index (χ1v) is 11.6. The minimum Gasteiger partial charge on any atom is -0.463 e.